The van der Waals surface area contributed by atoms with Crippen LogP contribution in [0.25, 0.3) is 11.5 Å². The van der Waals surface area contributed by atoms with Gasteiger partial charge in [-0.15, -0.1) is 10.2 Å². The number of hydrogen-bond acceptors (Lipinski definition) is 6. The van der Waals surface area contributed by atoms with Crippen LogP contribution in [0.5, 0.6) is 0 Å². The SMILES string of the molecule is C/C(C[C@@H](C)c1nnc(-c2cccc(Cl)c2)o1)=N\N=C(/CC1CC1)c1ccncc1. The summed E-state index contributed by atoms with van der Waals surface area (Å²) >= 11 is 6.05. The van der Waals surface area contributed by atoms with Crippen LogP contribution >= 0.6 is 11.6 Å². The van der Waals surface area contributed by atoms with E-state index in [9.17, 15) is 0 Å². The molecule has 2 aromatic heterocycles. The molecule has 0 saturated heterocycles. The van der Waals surface area contributed by atoms with Crippen LogP contribution < -0.4 is 0 Å². The van der Waals surface area contributed by atoms with Gasteiger partial charge in [0, 0.05) is 40.2 Å². The highest BCUT2D eigenvalue weighted by atomic mass is 35.5. The number of halogens is 1. The molecule has 6 nitrogen and oxygen atoms in total. The van der Waals surface area contributed by atoms with E-state index in [2.05, 4.69) is 25.4 Å². The molecule has 0 aliphatic heterocycles. The van der Waals surface area contributed by atoms with E-state index in [4.69, 9.17) is 16.0 Å². The van der Waals surface area contributed by atoms with Crippen LogP contribution in [0.4, 0.5) is 0 Å². The van der Waals surface area contributed by atoms with Gasteiger partial charge in [-0.3, -0.25) is 4.98 Å². The molecule has 1 fully saturated rings. The van der Waals surface area contributed by atoms with Crippen LogP contribution in [-0.4, -0.2) is 26.6 Å². The molecule has 0 spiro atoms. The van der Waals surface area contributed by atoms with Crippen molar-refractivity contribution >= 4 is 23.0 Å². The quantitative estimate of drug-likeness (QED) is 0.333. The molecule has 1 saturated carbocycles. The highest BCUT2D eigenvalue weighted by molar-refractivity contribution is 6.30. The molecule has 0 N–H and O–H groups in total. The van der Waals surface area contributed by atoms with Crippen molar-refractivity contribution in [2.75, 3.05) is 0 Å². The van der Waals surface area contributed by atoms with E-state index >= 15 is 0 Å². The lowest BCUT2D eigenvalue weighted by Gasteiger charge is -2.07. The molecule has 1 aliphatic carbocycles. The van der Waals surface area contributed by atoms with Gasteiger partial charge in [-0.1, -0.05) is 24.6 Å². The Labute approximate surface area is 181 Å². The molecule has 0 amide bonds. The maximum Gasteiger partial charge on any atom is 0.247 e. The second kappa shape index (κ2) is 9.30. The molecule has 1 atom stereocenters. The van der Waals surface area contributed by atoms with Crippen molar-refractivity contribution in [2.24, 2.45) is 16.1 Å². The Bertz CT molecular complexity index is 1060. The average molecular weight is 422 g/mol. The van der Waals surface area contributed by atoms with Gasteiger partial charge in [0.05, 0.1) is 5.71 Å². The van der Waals surface area contributed by atoms with Crippen LogP contribution in [-0.2, 0) is 0 Å². The van der Waals surface area contributed by atoms with E-state index < -0.39 is 0 Å². The van der Waals surface area contributed by atoms with Crippen LogP contribution in [0.2, 0.25) is 5.02 Å². The van der Waals surface area contributed by atoms with Gasteiger partial charge >= 0.3 is 0 Å². The third kappa shape index (κ3) is 5.39. The minimum Gasteiger partial charge on any atom is -0.420 e. The Kier molecular flexibility index (Phi) is 6.33. The molecular weight excluding hydrogens is 398 g/mol. The molecule has 1 aromatic carbocycles. The third-order valence-electron chi connectivity index (χ3n) is 5.07. The monoisotopic (exact) mass is 421 g/mol. The first-order valence-corrected chi connectivity index (χ1v) is 10.6. The summed E-state index contributed by atoms with van der Waals surface area (Å²) in [5.74, 6) is 1.82. The molecule has 3 aromatic rings. The van der Waals surface area contributed by atoms with Gasteiger partial charge in [0.15, 0.2) is 0 Å². The van der Waals surface area contributed by atoms with Gasteiger partial charge < -0.3 is 4.42 Å². The van der Waals surface area contributed by atoms with Gasteiger partial charge in [0.2, 0.25) is 11.8 Å². The molecule has 0 unspecified atom stereocenters. The molecule has 0 bridgehead atoms. The third-order valence-corrected chi connectivity index (χ3v) is 5.30. The zero-order chi connectivity index (χ0) is 20.9. The first kappa shape index (κ1) is 20.4. The number of benzene rings is 1. The smallest absolute Gasteiger partial charge is 0.247 e. The summed E-state index contributed by atoms with van der Waals surface area (Å²) in [5, 5.41) is 18.1. The maximum absolute atomic E-state index is 6.05. The van der Waals surface area contributed by atoms with Gasteiger partial charge in [-0.25, -0.2) is 0 Å². The van der Waals surface area contributed by atoms with E-state index in [1.807, 2.05) is 50.2 Å². The highest BCUT2D eigenvalue weighted by Gasteiger charge is 2.24. The van der Waals surface area contributed by atoms with Crippen molar-refractivity contribution in [1.82, 2.24) is 15.2 Å². The summed E-state index contributed by atoms with van der Waals surface area (Å²) in [4.78, 5) is 4.10. The Morgan fingerprint density at radius 3 is 2.70 bits per heavy atom. The van der Waals surface area contributed by atoms with E-state index in [0.717, 1.165) is 34.9 Å². The zero-order valence-corrected chi connectivity index (χ0v) is 17.9. The second-order valence-electron chi connectivity index (χ2n) is 7.83. The van der Waals surface area contributed by atoms with Crippen molar-refractivity contribution in [3.05, 3.63) is 65.3 Å². The minimum atomic E-state index is 0.0391. The lowest BCUT2D eigenvalue weighted by Crippen LogP contribution is -2.04. The van der Waals surface area contributed by atoms with Gasteiger partial charge in [0.1, 0.15) is 0 Å². The predicted octanol–water partition coefficient (Wildman–Crippen LogP) is 5.94. The Morgan fingerprint density at radius 1 is 1.17 bits per heavy atom. The molecule has 30 heavy (non-hydrogen) atoms. The van der Waals surface area contributed by atoms with Crippen LogP contribution in [0.3, 0.4) is 0 Å². The van der Waals surface area contributed by atoms with Crippen molar-refractivity contribution in [3.8, 4) is 11.5 Å². The van der Waals surface area contributed by atoms with E-state index in [1.165, 1.54) is 12.8 Å². The number of pyridine rings is 1. The number of aromatic nitrogens is 3. The normalized spacial score (nSPS) is 16.0. The Balaban J connectivity index is 1.45. The summed E-state index contributed by atoms with van der Waals surface area (Å²) in [6, 6.07) is 11.4. The lowest BCUT2D eigenvalue weighted by atomic mass is 10.1. The predicted molar refractivity (Wildman–Crippen MR) is 119 cm³/mol. The minimum absolute atomic E-state index is 0.0391. The summed E-state index contributed by atoms with van der Waals surface area (Å²) in [5.41, 5.74) is 3.84. The molecule has 4 rings (SSSR count). The first-order chi connectivity index (χ1) is 14.6. The summed E-state index contributed by atoms with van der Waals surface area (Å²) in [7, 11) is 0. The van der Waals surface area contributed by atoms with Gasteiger partial charge in [-0.2, -0.15) is 10.2 Å². The van der Waals surface area contributed by atoms with Crippen molar-refractivity contribution in [1.29, 1.82) is 0 Å². The fourth-order valence-electron chi connectivity index (χ4n) is 3.24. The second-order valence-corrected chi connectivity index (χ2v) is 8.26. The van der Waals surface area contributed by atoms with Crippen molar-refractivity contribution in [2.45, 2.75) is 45.4 Å². The number of hydrogen-bond donors (Lipinski definition) is 0. The van der Waals surface area contributed by atoms with Gasteiger partial charge in [0.25, 0.3) is 0 Å². The van der Waals surface area contributed by atoms with Crippen LogP contribution in [0.15, 0.2) is 63.4 Å². The average Bonchev–Trinajstić information content (AvgIpc) is 3.43. The molecule has 0 radical (unpaired) electrons. The van der Waals surface area contributed by atoms with E-state index in [0.29, 0.717) is 23.2 Å². The maximum atomic E-state index is 6.05. The molecule has 154 valence electrons. The molecule has 2 heterocycles. The summed E-state index contributed by atoms with van der Waals surface area (Å²) in [6.45, 7) is 4.03. The first-order valence-electron chi connectivity index (χ1n) is 10.2. The van der Waals surface area contributed by atoms with Gasteiger partial charge in [-0.05, 0) is 68.9 Å². The topological polar surface area (TPSA) is 76.5 Å². The standard InChI is InChI=1S/C23H24ClN5O/c1-15(22-28-29-23(30-22)19-4-3-5-20(24)14-19)12-16(2)26-27-21(13-17-6-7-17)18-8-10-25-11-9-18/h3-5,8-11,14-15,17H,6-7,12-13H2,1-2H3/b26-16+,27-21+/t15-/m1/s1. The summed E-state index contributed by atoms with van der Waals surface area (Å²) in [6.07, 6.45) is 7.79. The summed E-state index contributed by atoms with van der Waals surface area (Å²) < 4.78 is 5.86. The Morgan fingerprint density at radius 2 is 1.97 bits per heavy atom. The van der Waals surface area contributed by atoms with Crippen molar-refractivity contribution < 1.29 is 4.42 Å². The molecular formula is C23H24ClN5O. The van der Waals surface area contributed by atoms with Crippen LogP contribution in [0.1, 0.15) is 56.9 Å². The van der Waals surface area contributed by atoms with E-state index in [1.54, 1.807) is 12.4 Å². The Hall–Kier alpha value is -2.86. The molecule has 1 aliphatic rings. The zero-order valence-electron chi connectivity index (χ0n) is 17.1. The van der Waals surface area contributed by atoms with Crippen molar-refractivity contribution in [3.63, 3.8) is 0 Å². The fourth-order valence-corrected chi connectivity index (χ4v) is 3.44. The largest absolute Gasteiger partial charge is 0.420 e. The fraction of sp³-hybridized carbons (Fsp3) is 0.348. The highest BCUT2D eigenvalue weighted by Crippen LogP contribution is 2.34. The number of rotatable bonds is 8. The van der Waals surface area contributed by atoms with E-state index in [-0.39, 0.29) is 5.92 Å². The van der Waals surface area contributed by atoms with Crippen LogP contribution in [0, 0.1) is 5.92 Å². The lowest BCUT2D eigenvalue weighted by molar-refractivity contribution is 0.472. The molecule has 7 heteroatoms. The number of nitrogens with zero attached hydrogens (tertiary/aromatic N) is 5.